The summed E-state index contributed by atoms with van der Waals surface area (Å²) >= 11 is 1.25. The molecule has 0 aliphatic carbocycles. The fraction of sp³-hybridized carbons (Fsp3) is 0.0714. The Balaban J connectivity index is 1.97. The van der Waals surface area contributed by atoms with Gasteiger partial charge in [0.1, 0.15) is 11.3 Å². The van der Waals surface area contributed by atoms with Crippen molar-refractivity contribution in [1.82, 2.24) is 4.98 Å². The highest BCUT2D eigenvalue weighted by atomic mass is 32.2. The first-order chi connectivity index (χ1) is 10.5. The van der Waals surface area contributed by atoms with Crippen molar-refractivity contribution < 1.29 is 13.2 Å². The molecule has 0 radical (unpaired) electrons. The van der Waals surface area contributed by atoms with Crippen molar-refractivity contribution in [2.45, 2.75) is 4.90 Å². The number of anilines is 2. The molecule has 3 N–H and O–H groups in total. The molecule has 0 aliphatic heterocycles. The number of thiazole rings is 1. The number of hydrogen-bond donors (Lipinski definition) is 2. The van der Waals surface area contributed by atoms with Crippen LogP contribution in [0.3, 0.4) is 0 Å². The molecular weight excluding hydrogens is 322 g/mol. The summed E-state index contributed by atoms with van der Waals surface area (Å²) in [6, 6.07) is 11.4. The number of nitrogen functional groups attached to an aromatic ring is 1. The Kier molecular flexibility index (Phi) is 3.63. The Morgan fingerprint density at radius 1 is 1.18 bits per heavy atom. The van der Waals surface area contributed by atoms with E-state index in [1.807, 2.05) is 12.1 Å². The Bertz CT molecular complexity index is 918. The first-order valence-corrected chi connectivity index (χ1v) is 8.61. The quantitative estimate of drug-likeness (QED) is 0.715. The van der Waals surface area contributed by atoms with Crippen molar-refractivity contribution in [3.8, 4) is 5.75 Å². The molecule has 0 amide bonds. The molecule has 0 spiro atoms. The van der Waals surface area contributed by atoms with Crippen molar-refractivity contribution in [3.63, 3.8) is 0 Å². The Morgan fingerprint density at radius 3 is 2.59 bits per heavy atom. The van der Waals surface area contributed by atoms with Crippen molar-refractivity contribution >= 4 is 42.4 Å². The van der Waals surface area contributed by atoms with E-state index in [-0.39, 0.29) is 10.0 Å². The number of benzene rings is 2. The van der Waals surface area contributed by atoms with Crippen LogP contribution >= 0.6 is 11.3 Å². The minimum Gasteiger partial charge on any atom is -0.494 e. The van der Waals surface area contributed by atoms with Crippen LogP contribution in [-0.2, 0) is 10.0 Å². The van der Waals surface area contributed by atoms with Gasteiger partial charge in [0.05, 0.1) is 16.7 Å². The lowest BCUT2D eigenvalue weighted by atomic mass is 10.3. The predicted octanol–water partition coefficient (Wildman–Crippen LogP) is 2.69. The van der Waals surface area contributed by atoms with Gasteiger partial charge < -0.3 is 10.5 Å². The van der Waals surface area contributed by atoms with Crippen molar-refractivity contribution in [3.05, 3.63) is 42.5 Å². The fourth-order valence-corrected chi connectivity index (χ4v) is 4.07. The summed E-state index contributed by atoms with van der Waals surface area (Å²) < 4.78 is 33.2. The lowest BCUT2D eigenvalue weighted by Gasteiger charge is -2.05. The van der Waals surface area contributed by atoms with Crippen LogP contribution in [0.2, 0.25) is 0 Å². The number of nitrogens with two attached hydrogens (primary N) is 1. The van der Waals surface area contributed by atoms with E-state index in [4.69, 9.17) is 10.5 Å². The fourth-order valence-electron chi connectivity index (χ4n) is 1.95. The van der Waals surface area contributed by atoms with Gasteiger partial charge in [0.25, 0.3) is 10.0 Å². The van der Waals surface area contributed by atoms with Crippen LogP contribution in [0, 0.1) is 0 Å². The lowest BCUT2D eigenvalue weighted by Crippen LogP contribution is -2.12. The molecule has 0 aliphatic rings. The van der Waals surface area contributed by atoms with Gasteiger partial charge in [-0.15, -0.1) is 0 Å². The van der Waals surface area contributed by atoms with Crippen LogP contribution in [0.15, 0.2) is 47.4 Å². The van der Waals surface area contributed by atoms with Crippen LogP contribution in [0.1, 0.15) is 0 Å². The average molecular weight is 335 g/mol. The van der Waals surface area contributed by atoms with Crippen LogP contribution in [0.25, 0.3) is 10.2 Å². The van der Waals surface area contributed by atoms with Crippen molar-refractivity contribution in [2.75, 3.05) is 17.6 Å². The number of rotatable bonds is 4. The number of fused-ring (bicyclic) bond motifs is 1. The Hall–Kier alpha value is -2.32. The van der Waals surface area contributed by atoms with Crippen molar-refractivity contribution in [1.29, 1.82) is 0 Å². The number of nitrogens with zero attached hydrogens (tertiary/aromatic N) is 1. The maximum atomic E-state index is 12.3. The second kappa shape index (κ2) is 5.47. The summed E-state index contributed by atoms with van der Waals surface area (Å²) in [5.41, 5.74) is 6.70. The van der Waals surface area contributed by atoms with E-state index in [1.165, 1.54) is 35.6 Å². The van der Waals surface area contributed by atoms with Gasteiger partial charge in [-0.05, 0) is 36.4 Å². The lowest BCUT2D eigenvalue weighted by molar-refractivity contribution is 0.419. The molecule has 1 aromatic heterocycles. The largest absolute Gasteiger partial charge is 0.494 e. The molecule has 0 unspecified atom stereocenters. The molecule has 3 rings (SSSR count). The van der Waals surface area contributed by atoms with Gasteiger partial charge in [-0.3, -0.25) is 4.72 Å². The third-order valence-electron chi connectivity index (χ3n) is 3.01. The molecule has 22 heavy (non-hydrogen) atoms. The maximum Gasteiger partial charge on any atom is 0.263 e. The first kappa shape index (κ1) is 14.6. The number of nitrogens with one attached hydrogen (secondary N) is 1. The second-order valence-electron chi connectivity index (χ2n) is 4.50. The third-order valence-corrected chi connectivity index (χ3v) is 5.43. The van der Waals surface area contributed by atoms with Gasteiger partial charge in [0.15, 0.2) is 5.13 Å². The van der Waals surface area contributed by atoms with Gasteiger partial charge in [-0.25, -0.2) is 13.4 Å². The molecular formula is C14H13N3O3S2. The number of methoxy groups -OCH3 is 1. The zero-order valence-electron chi connectivity index (χ0n) is 11.6. The van der Waals surface area contributed by atoms with Crippen LogP contribution in [0.4, 0.5) is 10.8 Å². The molecule has 1 heterocycles. The molecule has 0 atom stereocenters. The summed E-state index contributed by atoms with van der Waals surface area (Å²) in [6.45, 7) is 0. The van der Waals surface area contributed by atoms with Gasteiger partial charge in [-0.1, -0.05) is 17.4 Å². The SMILES string of the molecule is COc1cccc2sc(NS(=O)(=O)c3ccc(N)cc3)nc12. The van der Waals surface area contributed by atoms with Crippen LogP contribution in [-0.4, -0.2) is 20.5 Å². The summed E-state index contributed by atoms with van der Waals surface area (Å²) in [4.78, 5) is 4.42. The number of sulfonamides is 1. The highest BCUT2D eigenvalue weighted by Crippen LogP contribution is 2.33. The molecule has 0 fully saturated rings. The predicted molar refractivity (Wildman–Crippen MR) is 87.8 cm³/mol. The molecule has 8 heteroatoms. The summed E-state index contributed by atoms with van der Waals surface area (Å²) in [7, 11) is -2.15. The first-order valence-electron chi connectivity index (χ1n) is 6.31. The van der Waals surface area contributed by atoms with Crippen LogP contribution < -0.4 is 15.2 Å². The van der Waals surface area contributed by atoms with Gasteiger partial charge in [0.2, 0.25) is 0 Å². The summed E-state index contributed by atoms with van der Waals surface area (Å²) in [5.74, 6) is 0.603. The maximum absolute atomic E-state index is 12.3. The van der Waals surface area contributed by atoms with E-state index < -0.39 is 10.0 Å². The van der Waals surface area contributed by atoms with E-state index in [0.29, 0.717) is 17.0 Å². The van der Waals surface area contributed by atoms with Gasteiger partial charge >= 0.3 is 0 Å². The van der Waals surface area contributed by atoms with E-state index in [1.54, 1.807) is 13.2 Å². The molecule has 0 bridgehead atoms. The molecule has 114 valence electrons. The summed E-state index contributed by atoms with van der Waals surface area (Å²) in [6.07, 6.45) is 0. The molecule has 2 aromatic carbocycles. The van der Waals surface area contributed by atoms with E-state index in [9.17, 15) is 8.42 Å². The zero-order valence-corrected chi connectivity index (χ0v) is 13.2. The van der Waals surface area contributed by atoms with Crippen molar-refractivity contribution in [2.24, 2.45) is 0 Å². The molecule has 0 saturated heterocycles. The highest BCUT2D eigenvalue weighted by molar-refractivity contribution is 7.93. The molecule has 3 aromatic rings. The van der Waals surface area contributed by atoms with E-state index >= 15 is 0 Å². The average Bonchev–Trinajstić information content (AvgIpc) is 2.89. The number of aromatic nitrogens is 1. The minimum absolute atomic E-state index is 0.132. The molecule has 0 saturated carbocycles. The zero-order chi connectivity index (χ0) is 15.7. The topological polar surface area (TPSA) is 94.3 Å². The normalized spacial score (nSPS) is 11.5. The smallest absolute Gasteiger partial charge is 0.263 e. The second-order valence-corrected chi connectivity index (χ2v) is 7.21. The van der Waals surface area contributed by atoms with Gasteiger partial charge in [0, 0.05) is 5.69 Å². The summed E-state index contributed by atoms with van der Waals surface area (Å²) in [5, 5.41) is 0.288. The number of ether oxygens (including phenoxy) is 1. The molecule has 6 nitrogen and oxygen atoms in total. The Labute approximate surface area is 131 Å². The highest BCUT2D eigenvalue weighted by Gasteiger charge is 2.17. The number of para-hydroxylation sites is 1. The van der Waals surface area contributed by atoms with Crippen LogP contribution in [0.5, 0.6) is 5.75 Å². The Morgan fingerprint density at radius 2 is 1.91 bits per heavy atom. The number of hydrogen-bond acceptors (Lipinski definition) is 6. The third kappa shape index (κ3) is 2.70. The monoisotopic (exact) mass is 335 g/mol. The van der Waals surface area contributed by atoms with Gasteiger partial charge in [-0.2, -0.15) is 0 Å². The van der Waals surface area contributed by atoms with E-state index in [2.05, 4.69) is 9.71 Å². The van der Waals surface area contributed by atoms with E-state index in [0.717, 1.165) is 4.70 Å². The standard InChI is InChI=1S/C14H13N3O3S2/c1-20-11-3-2-4-12-13(11)16-14(21-12)17-22(18,19)10-7-5-9(15)6-8-10/h2-8H,15H2,1H3,(H,16,17). The minimum atomic E-state index is -3.70.